The molecule has 2 nitrogen and oxygen atoms in total. The summed E-state index contributed by atoms with van der Waals surface area (Å²) in [4.78, 5) is 0. The van der Waals surface area contributed by atoms with Crippen LogP contribution in [0.1, 0.15) is 18.4 Å². The van der Waals surface area contributed by atoms with E-state index >= 15 is 0 Å². The van der Waals surface area contributed by atoms with Crippen molar-refractivity contribution in [2.24, 2.45) is 5.73 Å². The summed E-state index contributed by atoms with van der Waals surface area (Å²) >= 11 is 0. The first-order valence-electron chi connectivity index (χ1n) is 4.59. The zero-order chi connectivity index (χ0) is 10.1. The van der Waals surface area contributed by atoms with E-state index in [1.807, 2.05) is 13.0 Å². The summed E-state index contributed by atoms with van der Waals surface area (Å²) in [6, 6.07) is 4.99. The Labute approximate surface area is 81.5 Å². The van der Waals surface area contributed by atoms with Gasteiger partial charge in [0.1, 0.15) is 11.4 Å². The maximum atomic E-state index is 13.5. The van der Waals surface area contributed by atoms with Crippen LogP contribution in [-0.4, -0.2) is 6.54 Å². The van der Waals surface area contributed by atoms with Gasteiger partial charge in [0.2, 0.25) is 0 Å². The zero-order valence-electron chi connectivity index (χ0n) is 7.96. The molecule has 0 radical (unpaired) electrons. The minimum Gasteiger partial charge on any atom is -0.464 e. The number of hydrogen-bond donors (Lipinski definition) is 1. The summed E-state index contributed by atoms with van der Waals surface area (Å²) < 4.78 is 18.8. The van der Waals surface area contributed by atoms with Crippen LogP contribution in [0, 0.1) is 5.82 Å². The number of fused-ring (bicyclic) bond motifs is 1. The van der Waals surface area contributed by atoms with Crippen LogP contribution in [0.3, 0.4) is 0 Å². The molecule has 2 aromatic rings. The van der Waals surface area contributed by atoms with Crippen molar-refractivity contribution in [1.29, 1.82) is 0 Å². The molecule has 0 saturated carbocycles. The van der Waals surface area contributed by atoms with E-state index in [0.29, 0.717) is 17.7 Å². The molecule has 1 atom stereocenters. The van der Waals surface area contributed by atoms with Crippen LogP contribution in [-0.2, 0) is 0 Å². The maximum absolute atomic E-state index is 13.5. The van der Waals surface area contributed by atoms with Gasteiger partial charge >= 0.3 is 0 Å². The maximum Gasteiger partial charge on any atom is 0.140 e. The fourth-order valence-corrected chi connectivity index (χ4v) is 1.61. The molecule has 0 bridgehead atoms. The lowest BCUT2D eigenvalue weighted by Gasteiger charge is -2.10. The molecule has 0 aliphatic carbocycles. The first kappa shape index (κ1) is 9.21. The highest BCUT2D eigenvalue weighted by Gasteiger charge is 2.15. The van der Waals surface area contributed by atoms with E-state index in [2.05, 4.69) is 0 Å². The van der Waals surface area contributed by atoms with Crippen molar-refractivity contribution in [3.63, 3.8) is 0 Å². The molecule has 1 aromatic carbocycles. The van der Waals surface area contributed by atoms with E-state index in [9.17, 15) is 4.39 Å². The Morgan fingerprint density at radius 1 is 1.43 bits per heavy atom. The van der Waals surface area contributed by atoms with Gasteiger partial charge in [-0.05, 0) is 30.7 Å². The van der Waals surface area contributed by atoms with Crippen LogP contribution in [0.4, 0.5) is 4.39 Å². The SMILES string of the molecule is CC(CN)c1c(F)ccc2ccoc12. The van der Waals surface area contributed by atoms with Gasteiger partial charge in [-0.25, -0.2) is 4.39 Å². The van der Waals surface area contributed by atoms with Crippen molar-refractivity contribution >= 4 is 11.0 Å². The average Bonchev–Trinajstić information content (AvgIpc) is 2.64. The number of furan rings is 1. The van der Waals surface area contributed by atoms with Crippen molar-refractivity contribution in [3.05, 3.63) is 35.8 Å². The molecule has 0 saturated heterocycles. The van der Waals surface area contributed by atoms with E-state index in [1.165, 1.54) is 6.07 Å². The molecule has 1 aromatic heterocycles. The molecule has 0 fully saturated rings. The largest absolute Gasteiger partial charge is 0.464 e. The van der Waals surface area contributed by atoms with Gasteiger partial charge in [-0.2, -0.15) is 0 Å². The highest BCUT2D eigenvalue weighted by molar-refractivity contribution is 5.81. The predicted octanol–water partition coefficient (Wildman–Crippen LogP) is 2.63. The standard InChI is InChI=1S/C11H12FNO/c1-7(6-13)10-9(12)3-2-8-4-5-14-11(8)10/h2-5,7H,6,13H2,1H3. The van der Waals surface area contributed by atoms with Gasteiger partial charge in [-0.1, -0.05) is 6.92 Å². The second-order valence-electron chi connectivity index (χ2n) is 3.44. The Balaban J connectivity index is 2.70. The average molecular weight is 193 g/mol. The van der Waals surface area contributed by atoms with Crippen molar-refractivity contribution in [1.82, 2.24) is 0 Å². The molecular weight excluding hydrogens is 181 g/mol. The summed E-state index contributed by atoms with van der Waals surface area (Å²) in [5.74, 6) is -0.268. The van der Waals surface area contributed by atoms with E-state index in [-0.39, 0.29) is 11.7 Å². The highest BCUT2D eigenvalue weighted by Crippen LogP contribution is 2.28. The Morgan fingerprint density at radius 2 is 2.21 bits per heavy atom. The normalized spacial score (nSPS) is 13.4. The molecular formula is C11H12FNO. The first-order chi connectivity index (χ1) is 6.74. The predicted molar refractivity (Wildman–Crippen MR) is 53.6 cm³/mol. The molecule has 14 heavy (non-hydrogen) atoms. The summed E-state index contributed by atoms with van der Waals surface area (Å²) in [7, 11) is 0. The Kier molecular flexibility index (Phi) is 2.25. The number of halogens is 1. The molecule has 3 heteroatoms. The van der Waals surface area contributed by atoms with Gasteiger partial charge in [-0.15, -0.1) is 0 Å². The third kappa shape index (κ3) is 1.30. The minimum atomic E-state index is -0.245. The molecule has 0 spiro atoms. The quantitative estimate of drug-likeness (QED) is 0.796. The Morgan fingerprint density at radius 3 is 2.93 bits per heavy atom. The van der Waals surface area contributed by atoms with Crippen molar-refractivity contribution in [2.75, 3.05) is 6.54 Å². The third-order valence-corrected chi connectivity index (χ3v) is 2.45. The summed E-state index contributed by atoms with van der Waals surface area (Å²) in [5.41, 5.74) is 6.72. The molecule has 1 heterocycles. The third-order valence-electron chi connectivity index (χ3n) is 2.45. The van der Waals surface area contributed by atoms with Crippen LogP contribution < -0.4 is 5.73 Å². The summed E-state index contributed by atoms with van der Waals surface area (Å²) in [5, 5.41) is 0.918. The molecule has 74 valence electrons. The van der Waals surface area contributed by atoms with Gasteiger partial charge in [0.15, 0.2) is 0 Å². The first-order valence-corrected chi connectivity index (χ1v) is 4.59. The monoisotopic (exact) mass is 193 g/mol. The lowest BCUT2D eigenvalue weighted by atomic mass is 9.99. The van der Waals surface area contributed by atoms with Crippen molar-refractivity contribution in [3.8, 4) is 0 Å². The van der Waals surface area contributed by atoms with E-state index in [1.54, 1.807) is 12.3 Å². The number of rotatable bonds is 2. The molecule has 0 aliphatic heterocycles. The molecule has 2 rings (SSSR count). The molecule has 0 aliphatic rings. The lowest BCUT2D eigenvalue weighted by Crippen LogP contribution is -2.10. The van der Waals surface area contributed by atoms with Crippen LogP contribution in [0.5, 0.6) is 0 Å². The topological polar surface area (TPSA) is 39.2 Å². The van der Waals surface area contributed by atoms with Crippen molar-refractivity contribution < 1.29 is 8.81 Å². The minimum absolute atomic E-state index is 0.0233. The second kappa shape index (κ2) is 3.42. The van der Waals surface area contributed by atoms with Crippen LogP contribution in [0.25, 0.3) is 11.0 Å². The number of benzene rings is 1. The smallest absolute Gasteiger partial charge is 0.140 e. The summed E-state index contributed by atoms with van der Waals surface area (Å²) in [6.07, 6.45) is 1.57. The van der Waals surface area contributed by atoms with Crippen LogP contribution in [0.15, 0.2) is 28.9 Å². The van der Waals surface area contributed by atoms with Gasteiger partial charge < -0.3 is 10.2 Å². The van der Waals surface area contributed by atoms with E-state index < -0.39 is 0 Å². The Bertz CT molecular complexity index is 449. The fourth-order valence-electron chi connectivity index (χ4n) is 1.61. The number of hydrogen-bond acceptors (Lipinski definition) is 2. The number of nitrogens with two attached hydrogens (primary N) is 1. The fraction of sp³-hybridized carbons (Fsp3) is 0.273. The van der Waals surface area contributed by atoms with E-state index in [0.717, 1.165) is 5.39 Å². The van der Waals surface area contributed by atoms with Gasteiger partial charge in [0, 0.05) is 10.9 Å². The summed E-state index contributed by atoms with van der Waals surface area (Å²) in [6.45, 7) is 2.30. The van der Waals surface area contributed by atoms with Crippen LogP contribution >= 0.6 is 0 Å². The highest BCUT2D eigenvalue weighted by atomic mass is 19.1. The van der Waals surface area contributed by atoms with Crippen molar-refractivity contribution in [2.45, 2.75) is 12.8 Å². The molecule has 1 unspecified atom stereocenters. The molecule has 0 amide bonds. The van der Waals surface area contributed by atoms with E-state index in [4.69, 9.17) is 10.2 Å². The molecule has 2 N–H and O–H groups in total. The zero-order valence-corrected chi connectivity index (χ0v) is 7.96. The van der Waals surface area contributed by atoms with Gasteiger partial charge in [-0.3, -0.25) is 0 Å². The Hall–Kier alpha value is -1.35. The second-order valence-corrected chi connectivity index (χ2v) is 3.44. The lowest BCUT2D eigenvalue weighted by molar-refractivity contribution is 0.566. The van der Waals surface area contributed by atoms with Gasteiger partial charge in [0.05, 0.1) is 6.26 Å². The van der Waals surface area contributed by atoms with Gasteiger partial charge in [0.25, 0.3) is 0 Å². The van der Waals surface area contributed by atoms with Crippen LogP contribution in [0.2, 0.25) is 0 Å².